The van der Waals surface area contributed by atoms with E-state index >= 15 is 0 Å². The van der Waals surface area contributed by atoms with Gasteiger partial charge in [0.25, 0.3) is 0 Å². The number of hydrogen-bond acceptors (Lipinski definition) is 5. The summed E-state index contributed by atoms with van der Waals surface area (Å²) in [6.07, 6.45) is 1.29. The maximum atomic E-state index is 13.3. The van der Waals surface area contributed by atoms with Gasteiger partial charge in [0, 0.05) is 32.6 Å². The highest BCUT2D eigenvalue weighted by Gasteiger charge is 2.37. The number of ether oxygens (including phenoxy) is 1. The number of methoxy groups -OCH3 is 1. The molecule has 1 aliphatic rings. The Morgan fingerprint density at radius 3 is 3.00 bits per heavy atom. The smallest absolute Gasteiger partial charge is 0.383 e. The molecule has 1 atom stereocenters. The van der Waals surface area contributed by atoms with Crippen molar-refractivity contribution in [2.75, 3.05) is 37.0 Å². The van der Waals surface area contributed by atoms with Gasteiger partial charge >= 0.3 is 6.18 Å². The average molecular weight is 397 g/mol. The van der Waals surface area contributed by atoms with Crippen molar-refractivity contribution in [2.45, 2.75) is 25.6 Å². The van der Waals surface area contributed by atoms with Crippen LogP contribution >= 0.6 is 0 Å². The fraction of sp³-hybridized carbons (Fsp3) is 0.500. The second kappa shape index (κ2) is 8.59. The van der Waals surface area contributed by atoms with Crippen molar-refractivity contribution in [1.29, 1.82) is 0 Å². The van der Waals surface area contributed by atoms with Crippen LogP contribution in [0.15, 0.2) is 30.7 Å². The van der Waals surface area contributed by atoms with Gasteiger partial charge in [0.2, 0.25) is 5.91 Å². The Kier molecular flexibility index (Phi) is 6.18. The molecule has 10 heteroatoms. The molecule has 152 valence electrons. The number of anilines is 2. The number of aromatic nitrogens is 3. The molecule has 0 aliphatic carbocycles. The number of rotatable bonds is 6. The first-order valence-electron chi connectivity index (χ1n) is 8.98. The van der Waals surface area contributed by atoms with E-state index in [9.17, 15) is 18.0 Å². The third-order valence-electron chi connectivity index (χ3n) is 4.61. The molecule has 3 rings (SSSR count). The summed E-state index contributed by atoms with van der Waals surface area (Å²) in [5, 5.41) is 6.92. The normalized spacial score (nSPS) is 17.6. The Bertz CT molecular complexity index is 809. The minimum absolute atomic E-state index is 0.125. The van der Waals surface area contributed by atoms with E-state index in [0.717, 1.165) is 6.07 Å². The third kappa shape index (κ3) is 4.80. The lowest BCUT2D eigenvalue weighted by Crippen LogP contribution is -2.41. The van der Waals surface area contributed by atoms with Gasteiger partial charge in [-0.05, 0) is 25.0 Å². The van der Waals surface area contributed by atoms with Gasteiger partial charge in [0.05, 0.1) is 36.5 Å². The number of nitrogens with one attached hydrogen (secondary N) is 1. The molecular weight excluding hydrogens is 375 g/mol. The quantitative estimate of drug-likeness (QED) is 0.812. The van der Waals surface area contributed by atoms with E-state index in [-0.39, 0.29) is 18.3 Å². The van der Waals surface area contributed by atoms with E-state index in [2.05, 4.69) is 15.4 Å². The van der Waals surface area contributed by atoms with Crippen LogP contribution in [0.5, 0.6) is 0 Å². The zero-order valence-electron chi connectivity index (χ0n) is 15.4. The van der Waals surface area contributed by atoms with Gasteiger partial charge in [-0.15, -0.1) is 0 Å². The molecule has 28 heavy (non-hydrogen) atoms. The molecule has 7 nitrogen and oxygen atoms in total. The molecule has 0 saturated carbocycles. The van der Waals surface area contributed by atoms with E-state index in [0.29, 0.717) is 38.2 Å². The summed E-state index contributed by atoms with van der Waals surface area (Å²) in [6.45, 7) is 1.67. The van der Waals surface area contributed by atoms with Crippen LogP contribution in [0.4, 0.5) is 24.7 Å². The Hall–Kier alpha value is -2.62. The topological polar surface area (TPSA) is 72.3 Å². The zero-order valence-corrected chi connectivity index (χ0v) is 15.4. The van der Waals surface area contributed by atoms with Crippen molar-refractivity contribution in [3.05, 3.63) is 36.3 Å². The van der Waals surface area contributed by atoms with Gasteiger partial charge in [0.1, 0.15) is 5.82 Å². The summed E-state index contributed by atoms with van der Waals surface area (Å²) in [4.78, 5) is 18.1. The number of hydrogen-bond donors (Lipinski definition) is 1. The van der Waals surface area contributed by atoms with Crippen molar-refractivity contribution >= 4 is 17.4 Å². The molecule has 1 aliphatic heterocycles. The lowest BCUT2D eigenvalue weighted by molar-refractivity contribution is -0.137. The van der Waals surface area contributed by atoms with Gasteiger partial charge in [-0.3, -0.25) is 9.48 Å². The standard InChI is InChI=1S/C18H22F3N5O2/c1-28-9-8-26-12-14(10-23-26)24-17(27)13-4-3-7-25(11-13)16-15(18(19,20)21)5-2-6-22-16/h2,5-6,10,12-13H,3-4,7-9,11H2,1H3,(H,24,27). The number of halogens is 3. The first kappa shape index (κ1) is 20.1. The summed E-state index contributed by atoms with van der Waals surface area (Å²) in [6, 6.07) is 2.28. The van der Waals surface area contributed by atoms with Crippen LogP contribution in [0.2, 0.25) is 0 Å². The van der Waals surface area contributed by atoms with Gasteiger partial charge in [-0.1, -0.05) is 0 Å². The fourth-order valence-corrected chi connectivity index (χ4v) is 3.23. The van der Waals surface area contributed by atoms with Crippen molar-refractivity contribution in [3.63, 3.8) is 0 Å². The molecule has 0 bridgehead atoms. The molecular formula is C18H22F3N5O2. The second-order valence-electron chi connectivity index (χ2n) is 6.63. The summed E-state index contributed by atoms with van der Waals surface area (Å²) in [5.74, 6) is -0.792. The first-order valence-corrected chi connectivity index (χ1v) is 8.98. The molecule has 2 aromatic rings. The van der Waals surface area contributed by atoms with Crippen LogP contribution in [-0.2, 0) is 22.3 Å². The highest BCUT2D eigenvalue weighted by molar-refractivity contribution is 5.92. The van der Waals surface area contributed by atoms with Gasteiger partial charge < -0.3 is 15.0 Å². The number of carbonyl (C=O) groups excluding carboxylic acids is 1. The van der Waals surface area contributed by atoms with Crippen LogP contribution in [0.1, 0.15) is 18.4 Å². The summed E-state index contributed by atoms with van der Waals surface area (Å²) in [7, 11) is 1.59. The van der Waals surface area contributed by atoms with Crippen LogP contribution in [-0.4, -0.2) is 47.5 Å². The third-order valence-corrected chi connectivity index (χ3v) is 4.61. The molecule has 3 heterocycles. The van der Waals surface area contributed by atoms with E-state index in [4.69, 9.17) is 4.74 Å². The number of carbonyl (C=O) groups is 1. The Morgan fingerprint density at radius 2 is 2.25 bits per heavy atom. The molecule has 1 amide bonds. The number of amides is 1. The lowest BCUT2D eigenvalue weighted by atomic mass is 9.96. The fourth-order valence-electron chi connectivity index (χ4n) is 3.23. The minimum Gasteiger partial charge on any atom is -0.383 e. The van der Waals surface area contributed by atoms with Crippen LogP contribution in [0.25, 0.3) is 0 Å². The molecule has 1 N–H and O–H groups in total. The maximum Gasteiger partial charge on any atom is 0.419 e. The number of nitrogens with zero attached hydrogens (tertiary/aromatic N) is 4. The van der Waals surface area contributed by atoms with Gasteiger partial charge in [0.15, 0.2) is 0 Å². The monoisotopic (exact) mass is 397 g/mol. The molecule has 0 aromatic carbocycles. The Labute approximate surface area is 160 Å². The van der Waals surface area contributed by atoms with Crippen LogP contribution in [0.3, 0.4) is 0 Å². The first-order chi connectivity index (χ1) is 13.4. The molecule has 1 fully saturated rings. The Morgan fingerprint density at radius 1 is 1.43 bits per heavy atom. The van der Waals surface area contributed by atoms with E-state index in [1.165, 1.54) is 18.5 Å². The number of pyridine rings is 1. The van der Waals surface area contributed by atoms with Gasteiger partial charge in [-0.2, -0.15) is 18.3 Å². The van der Waals surface area contributed by atoms with Crippen molar-refractivity contribution in [2.24, 2.45) is 5.92 Å². The van der Waals surface area contributed by atoms with Crippen molar-refractivity contribution in [1.82, 2.24) is 14.8 Å². The summed E-state index contributed by atoms with van der Waals surface area (Å²) < 4.78 is 46.4. The molecule has 0 radical (unpaired) electrons. The summed E-state index contributed by atoms with van der Waals surface area (Å²) >= 11 is 0. The highest BCUT2D eigenvalue weighted by Crippen LogP contribution is 2.36. The van der Waals surface area contributed by atoms with E-state index in [1.807, 2.05) is 0 Å². The predicted octanol–water partition coefficient (Wildman–Crippen LogP) is 2.80. The largest absolute Gasteiger partial charge is 0.419 e. The van der Waals surface area contributed by atoms with E-state index in [1.54, 1.807) is 22.9 Å². The predicted molar refractivity (Wildman–Crippen MR) is 96.9 cm³/mol. The molecule has 2 aromatic heterocycles. The number of alkyl halides is 3. The molecule has 1 saturated heterocycles. The molecule has 1 unspecified atom stereocenters. The minimum atomic E-state index is -4.49. The Balaban J connectivity index is 1.67. The zero-order chi connectivity index (χ0) is 20.1. The van der Waals surface area contributed by atoms with Crippen molar-refractivity contribution < 1.29 is 22.7 Å². The number of piperidine rings is 1. The van der Waals surface area contributed by atoms with Crippen LogP contribution in [0, 0.1) is 5.92 Å². The van der Waals surface area contributed by atoms with E-state index < -0.39 is 17.7 Å². The van der Waals surface area contributed by atoms with Crippen molar-refractivity contribution in [3.8, 4) is 0 Å². The summed E-state index contributed by atoms with van der Waals surface area (Å²) in [5.41, 5.74) is -0.234. The maximum absolute atomic E-state index is 13.3. The van der Waals surface area contributed by atoms with Gasteiger partial charge in [-0.25, -0.2) is 4.98 Å². The second-order valence-corrected chi connectivity index (χ2v) is 6.63. The molecule has 0 spiro atoms. The lowest BCUT2D eigenvalue weighted by Gasteiger charge is -2.34. The highest BCUT2D eigenvalue weighted by atomic mass is 19.4. The average Bonchev–Trinajstić information content (AvgIpc) is 3.13. The SMILES string of the molecule is COCCn1cc(NC(=O)C2CCCN(c3ncccc3C(F)(F)F)C2)cn1. The van der Waals surface area contributed by atoms with Crippen LogP contribution < -0.4 is 10.2 Å².